The van der Waals surface area contributed by atoms with Crippen LogP contribution in [-0.4, -0.2) is 142 Å². The molecular formula is C31H57N11O12. The second-order valence-electron chi connectivity index (χ2n) is 13.1. The van der Waals surface area contributed by atoms with E-state index >= 15 is 0 Å². The van der Waals surface area contributed by atoms with Gasteiger partial charge in [0.25, 0.3) is 0 Å². The van der Waals surface area contributed by atoms with Crippen molar-refractivity contribution in [3.63, 3.8) is 0 Å². The Bertz CT molecular complexity index is 1330. The van der Waals surface area contributed by atoms with Crippen LogP contribution in [0, 0.1) is 11.8 Å². The Morgan fingerprint density at radius 1 is 0.593 bits per heavy atom. The Labute approximate surface area is 312 Å². The van der Waals surface area contributed by atoms with Crippen LogP contribution in [0.3, 0.4) is 0 Å². The first-order valence-corrected chi connectivity index (χ1v) is 17.2. The second kappa shape index (κ2) is 25.0. The Morgan fingerprint density at radius 3 is 1.41 bits per heavy atom. The van der Waals surface area contributed by atoms with Crippen molar-refractivity contribution in [1.29, 1.82) is 0 Å². The van der Waals surface area contributed by atoms with Crippen molar-refractivity contribution < 1.29 is 58.8 Å². The molecule has 0 aromatic rings. The minimum atomic E-state index is -1.75. The molecule has 0 bridgehead atoms. The zero-order valence-electron chi connectivity index (χ0n) is 30.9. The van der Waals surface area contributed by atoms with E-state index in [9.17, 15) is 58.8 Å². The Hall–Kier alpha value is -5.13. The van der Waals surface area contributed by atoms with E-state index in [0.29, 0.717) is 0 Å². The molecule has 7 amide bonds. The number of aliphatic carboxylic acids is 1. The Morgan fingerprint density at radius 2 is 1.02 bits per heavy atom. The summed E-state index contributed by atoms with van der Waals surface area (Å²) in [7, 11) is 0. The fraction of sp³-hybridized carbons (Fsp3) is 0.710. The number of aliphatic imine (C=N–C) groups is 1. The van der Waals surface area contributed by atoms with Gasteiger partial charge in [0, 0.05) is 13.0 Å². The van der Waals surface area contributed by atoms with Crippen molar-refractivity contribution in [1.82, 2.24) is 31.9 Å². The minimum Gasteiger partial charge on any atom is -0.480 e. The fourth-order valence-electron chi connectivity index (χ4n) is 4.62. The van der Waals surface area contributed by atoms with Gasteiger partial charge < -0.3 is 75.3 Å². The molecule has 0 aliphatic carbocycles. The normalized spacial score (nSPS) is 14.9. The van der Waals surface area contributed by atoms with Crippen molar-refractivity contribution in [3.05, 3.63) is 0 Å². The van der Waals surface area contributed by atoms with E-state index in [0.717, 1.165) is 0 Å². The Balaban J connectivity index is 5.72. The monoisotopic (exact) mass is 775 g/mol. The summed E-state index contributed by atoms with van der Waals surface area (Å²) in [6.07, 6.45) is -0.160. The topological polar surface area (TPSA) is 406 Å². The summed E-state index contributed by atoms with van der Waals surface area (Å²) in [5, 5.41) is 52.6. The number of guanidine groups is 1. The summed E-state index contributed by atoms with van der Waals surface area (Å²) in [6.45, 7) is 3.79. The molecule has 0 aliphatic rings. The highest BCUT2D eigenvalue weighted by molar-refractivity contribution is 5.97. The van der Waals surface area contributed by atoms with Gasteiger partial charge in [-0.05, 0) is 37.5 Å². The quantitative estimate of drug-likeness (QED) is 0.0221. The number of nitrogens with one attached hydrogen (secondary N) is 6. The number of carbonyl (C=O) groups excluding carboxylic acids is 7. The number of nitrogens with zero attached hydrogens (tertiary/aromatic N) is 1. The first kappa shape index (κ1) is 48.9. The van der Waals surface area contributed by atoms with Gasteiger partial charge in [-0.15, -0.1) is 0 Å². The van der Waals surface area contributed by atoms with Crippen LogP contribution in [-0.2, 0) is 38.4 Å². The number of amides is 7. The number of rotatable bonds is 26. The van der Waals surface area contributed by atoms with Crippen LogP contribution in [0.1, 0.15) is 59.8 Å². The summed E-state index contributed by atoms with van der Waals surface area (Å²) in [5.74, 6) is -8.91. The predicted molar refractivity (Wildman–Crippen MR) is 191 cm³/mol. The van der Waals surface area contributed by atoms with Crippen LogP contribution in [0.4, 0.5) is 0 Å². The summed E-state index contributed by atoms with van der Waals surface area (Å²) < 4.78 is 0. The van der Waals surface area contributed by atoms with E-state index < -0.39 is 115 Å². The van der Waals surface area contributed by atoms with Gasteiger partial charge in [0.15, 0.2) is 5.96 Å². The maximum atomic E-state index is 13.4. The van der Waals surface area contributed by atoms with Gasteiger partial charge in [-0.2, -0.15) is 0 Å². The molecule has 0 aromatic heterocycles. The standard InChI is InChI=1S/C31H57N11O12/c1-14(2)10-18(25(48)42-23(15(3)4)29(52)37-17(30(53)54)6-5-9-36-31(34)35)38-26(49)20(12-44)40-28(51)21(13-45)41-27(50)19(11-43)39-24(47)16(32)7-8-22(33)46/h14-21,23,43-45H,5-13,32H2,1-4H3,(H2,33,46)(H,37,52)(H,38,49)(H,39,47)(H,40,51)(H,41,50)(H,42,48)(H,53,54)(H4,34,35,36)/t16-,17-,18-,19-,20-,21-,23-/m0/s1. The largest absolute Gasteiger partial charge is 0.480 e. The SMILES string of the molecule is CC(C)C[C@H](NC(=O)[C@H](CO)NC(=O)[C@H](CO)NC(=O)[C@H](CO)NC(=O)[C@@H](N)CCC(N)=O)C(=O)N[C@H](C(=O)N[C@@H](CCCN=C(N)N)C(=O)O)C(C)C. The molecule has 7 atom stereocenters. The first-order chi connectivity index (χ1) is 25.2. The molecule has 0 rings (SSSR count). The van der Waals surface area contributed by atoms with Crippen LogP contribution in [0.5, 0.6) is 0 Å². The van der Waals surface area contributed by atoms with Crippen molar-refractivity contribution in [2.75, 3.05) is 26.4 Å². The lowest BCUT2D eigenvalue weighted by atomic mass is 9.99. The molecule has 54 heavy (non-hydrogen) atoms. The second-order valence-corrected chi connectivity index (χ2v) is 13.1. The van der Waals surface area contributed by atoms with E-state index in [-0.39, 0.29) is 50.5 Å². The number of carboxylic acid groups (broad SMARTS) is 1. The maximum Gasteiger partial charge on any atom is 0.326 e. The van der Waals surface area contributed by atoms with Gasteiger partial charge >= 0.3 is 5.97 Å². The molecule has 0 unspecified atom stereocenters. The third-order valence-corrected chi connectivity index (χ3v) is 7.63. The smallest absolute Gasteiger partial charge is 0.326 e. The van der Waals surface area contributed by atoms with Crippen LogP contribution in [0.25, 0.3) is 0 Å². The van der Waals surface area contributed by atoms with Crippen LogP contribution >= 0.6 is 0 Å². The number of primary amides is 1. The van der Waals surface area contributed by atoms with Gasteiger partial charge in [-0.25, -0.2) is 4.79 Å². The van der Waals surface area contributed by atoms with Crippen molar-refractivity contribution >= 4 is 53.3 Å². The molecule has 0 fully saturated rings. The molecule has 0 aromatic carbocycles. The molecule has 0 heterocycles. The average Bonchev–Trinajstić information content (AvgIpc) is 3.09. The summed E-state index contributed by atoms with van der Waals surface area (Å²) in [5.41, 5.74) is 21.2. The maximum absolute atomic E-state index is 13.4. The van der Waals surface area contributed by atoms with Crippen molar-refractivity contribution in [2.45, 2.75) is 102 Å². The summed E-state index contributed by atoms with van der Waals surface area (Å²) >= 11 is 0. The highest BCUT2D eigenvalue weighted by Crippen LogP contribution is 2.10. The lowest BCUT2D eigenvalue weighted by Gasteiger charge is -2.28. The number of carbonyl (C=O) groups is 8. The van der Waals surface area contributed by atoms with E-state index in [1.165, 1.54) is 0 Å². The van der Waals surface area contributed by atoms with E-state index in [1.807, 2.05) is 0 Å². The van der Waals surface area contributed by atoms with Gasteiger partial charge in [0.05, 0.1) is 25.9 Å². The molecule has 0 radical (unpaired) electrons. The van der Waals surface area contributed by atoms with Gasteiger partial charge in [0.2, 0.25) is 41.4 Å². The molecule has 0 spiro atoms. The van der Waals surface area contributed by atoms with Gasteiger partial charge in [-0.3, -0.25) is 38.6 Å². The van der Waals surface area contributed by atoms with Gasteiger partial charge in [-0.1, -0.05) is 27.7 Å². The zero-order valence-corrected chi connectivity index (χ0v) is 30.9. The number of hydrogen-bond donors (Lipinski definition) is 14. The molecule has 0 saturated carbocycles. The molecule has 0 saturated heterocycles. The lowest BCUT2D eigenvalue weighted by molar-refractivity contribution is -0.143. The van der Waals surface area contributed by atoms with E-state index in [2.05, 4.69) is 36.9 Å². The highest BCUT2D eigenvalue weighted by Gasteiger charge is 2.34. The van der Waals surface area contributed by atoms with Crippen molar-refractivity contribution in [3.8, 4) is 0 Å². The molecule has 23 heteroatoms. The number of aliphatic hydroxyl groups is 3. The number of aliphatic hydroxyl groups excluding tert-OH is 3. The van der Waals surface area contributed by atoms with Gasteiger partial charge in [0.1, 0.15) is 36.3 Å². The molecule has 308 valence electrons. The molecular weight excluding hydrogens is 718 g/mol. The van der Waals surface area contributed by atoms with Crippen LogP contribution in [0.15, 0.2) is 4.99 Å². The fourth-order valence-corrected chi connectivity index (χ4v) is 4.62. The molecule has 0 aliphatic heterocycles. The molecule has 18 N–H and O–H groups in total. The zero-order chi connectivity index (χ0) is 41.7. The average molecular weight is 776 g/mol. The summed E-state index contributed by atoms with van der Waals surface area (Å²) in [4.78, 5) is 104. The number of nitrogens with two attached hydrogens (primary N) is 4. The number of carboxylic acids is 1. The lowest BCUT2D eigenvalue weighted by Crippen LogP contribution is -2.61. The van der Waals surface area contributed by atoms with Crippen LogP contribution in [0.2, 0.25) is 0 Å². The minimum absolute atomic E-state index is 0.0222. The van der Waals surface area contributed by atoms with Crippen molar-refractivity contribution in [2.24, 2.45) is 39.8 Å². The molecule has 23 nitrogen and oxygen atoms in total. The first-order valence-electron chi connectivity index (χ1n) is 17.2. The third-order valence-electron chi connectivity index (χ3n) is 7.63. The van der Waals surface area contributed by atoms with E-state index in [1.54, 1.807) is 27.7 Å². The van der Waals surface area contributed by atoms with Crippen LogP contribution < -0.4 is 54.8 Å². The van der Waals surface area contributed by atoms with E-state index in [4.69, 9.17) is 22.9 Å². The highest BCUT2D eigenvalue weighted by atomic mass is 16.4. The third kappa shape index (κ3) is 18.6. The predicted octanol–water partition coefficient (Wildman–Crippen LogP) is -6.69. The Kier molecular flexibility index (Phi) is 22.6. The number of hydrogen-bond acceptors (Lipinski definition) is 13. The summed E-state index contributed by atoms with van der Waals surface area (Å²) in [6, 6.07) is -10.3.